The highest BCUT2D eigenvalue weighted by atomic mass is 15.3. The maximum atomic E-state index is 5.72. The molecule has 0 fully saturated rings. The van der Waals surface area contributed by atoms with E-state index in [0.717, 1.165) is 17.1 Å². The average molecular weight is 280 g/mol. The zero-order chi connectivity index (χ0) is 15.0. The molecule has 1 aromatic carbocycles. The van der Waals surface area contributed by atoms with Crippen LogP contribution in [0.25, 0.3) is 16.9 Å². The van der Waals surface area contributed by atoms with Crippen LogP contribution in [0.5, 0.6) is 0 Å². The van der Waals surface area contributed by atoms with Crippen molar-refractivity contribution >= 4 is 0 Å². The van der Waals surface area contributed by atoms with E-state index in [4.69, 9.17) is 5.73 Å². The molecule has 0 unspecified atom stereocenters. The first-order valence-electron chi connectivity index (χ1n) is 7.08. The second kappa shape index (κ2) is 5.22. The third-order valence-electron chi connectivity index (χ3n) is 3.92. The smallest absolute Gasteiger partial charge is 0.137 e. The predicted molar refractivity (Wildman–Crippen MR) is 85.3 cm³/mol. The Labute approximate surface area is 124 Å². The van der Waals surface area contributed by atoms with E-state index in [1.54, 1.807) is 0 Å². The Bertz CT molecular complexity index is 780. The summed E-state index contributed by atoms with van der Waals surface area (Å²) in [5.74, 6) is 1.11. The molecular formula is C17H20N4. The Morgan fingerprint density at radius 1 is 1.14 bits per heavy atom. The molecule has 0 aliphatic carbocycles. The van der Waals surface area contributed by atoms with Gasteiger partial charge in [0.1, 0.15) is 5.82 Å². The molecule has 0 radical (unpaired) electrons. The molecule has 3 rings (SSSR count). The summed E-state index contributed by atoms with van der Waals surface area (Å²) in [6.45, 7) is 4.70. The fourth-order valence-electron chi connectivity index (χ4n) is 2.69. The zero-order valence-electron chi connectivity index (χ0n) is 12.7. The van der Waals surface area contributed by atoms with Crippen molar-refractivity contribution in [1.82, 2.24) is 14.3 Å². The number of rotatable bonds is 3. The first-order valence-corrected chi connectivity index (χ1v) is 7.08. The lowest BCUT2D eigenvalue weighted by molar-refractivity contribution is 0.723. The monoisotopic (exact) mass is 280 g/mol. The van der Waals surface area contributed by atoms with E-state index in [-0.39, 0.29) is 0 Å². The molecule has 0 saturated heterocycles. The Balaban J connectivity index is 2.03. The first kappa shape index (κ1) is 13.6. The van der Waals surface area contributed by atoms with E-state index in [1.165, 1.54) is 16.7 Å². The standard InChI is InChI=1S/C17H20N4/c1-12-13(2)19-20(3)17(12)21-8-7-16(11-21)15-6-4-5-14(9-15)10-18/h4-9,11H,10,18H2,1-3H3. The van der Waals surface area contributed by atoms with Gasteiger partial charge in [-0.25, -0.2) is 0 Å². The van der Waals surface area contributed by atoms with Crippen LogP contribution in [0.4, 0.5) is 0 Å². The van der Waals surface area contributed by atoms with Crippen LogP contribution in [-0.4, -0.2) is 14.3 Å². The third kappa shape index (κ3) is 2.38. The van der Waals surface area contributed by atoms with Crippen molar-refractivity contribution in [3.05, 3.63) is 59.5 Å². The molecule has 0 aliphatic rings. The van der Waals surface area contributed by atoms with Crippen LogP contribution in [0.1, 0.15) is 16.8 Å². The summed E-state index contributed by atoms with van der Waals surface area (Å²) in [5, 5.41) is 4.48. The number of hydrogen-bond acceptors (Lipinski definition) is 2. The molecule has 3 aromatic rings. The van der Waals surface area contributed by atoms with E-state index in [2.05, 4.69) is 53.2 Å². The summed E-state index contributed by atoms with van der Waals surface area (Å²) in [5.41, 5.74) is 11.5. The van der Waals surface area contributed by atoms with Gasteiger partial charge in [-0.15, -0.1) is 0 Å². The number of aryl methyl sites for hydroxylation is 2. The van der Waals surface area contributed by atoms with Gasteiger partial charge in [0.05, 0.1) is 5.69 Å². The minimum atomic E-state index is 0.564. The van der Waals surface area contributed by atoms with Crippen molar-refractivity contribution in [3.63, 3.8) is 0 Å². The van der Waals surface area contributed by atoms with Crippen molar-refractivity contribution in [1.29, 1.82) is 0 Å². The van der Waals surface area contributed by atoms with E-state index >= 15 is 0 Å². The van der Waals surface area contributed by atoms with E-state index < -0.39 is 0 Å². The molecule has 2 N–H and O–H groups in total. The number of nitrogens with zero attached hydrogens (tertiary/aromatic N) is 3. The topological polar surface area (TPSA) is 48.8 Å². The lowest BCUT2D eigenvalue weighted by atomic mass is 10.1. The van der Waals surface area contributed by atoms with Gasteiger partial charge in [-0.2, -0.15) is 5.10 Å². The molecule has 0 spiro atoms. The molecule has 0 aliphatic heterocycles. The van der Waals surface area contributed by atoms with Gasteiger partial charge in [0.25, 0.3) is 0 Å². The molecule has 2 heterocycles. The van der Waals surface area contributed by atoms with Gasteiger partial charge in [0.15, 0.2) is 0 Å². The van der Waals surface area contributed by atoms with E-state index in [1.807, 2.05) is 24.7 Å². The summed E-state index contributed by atoms with van der Waals surface area (Å²) in [7, 11) is 1.98. The Hall–Kier alpha value is -2.33. The lowest BCUT2D eigenvalue weighted by Gasteiger charge is -2.05. The van der Waals surface area contributed by atoms with Crippen LogP contribution < -0.4 is 5.73 Å². The molecule has 4 nitrogen and oxygen atoms in total. The van der Waals surface area contributed by atoms with Crippen LogP contribution in [0, 0.1) is 13.8 Å². The van der Waals surface area contributed by atoms with Crippen LogP contribution >= 0.6 is 0 Å². The van der Waals surface area contributed by atoms with Gasteiger partial charge in [0, 0.05) is 31.5 Å². The van der Waals surface area contributed by atoms with Crippen LogP contribution in [0.3, 0.4) is 0 Å². The highest BCUT2D eigenvalue weighted by Crippen LogP contribution is 2.24. The van der Waals surface area contributed by atoms with Gasteiger partial charge >= 0.3 is 0 Å². The van der Waals surface area contributed by atoms with Crippen LogP contribution in [-0.2, 0) is 13.6 Å². The quantitative estimate of drug-likeness (QED) is 0.802. The van der Waals surface area contributed by atoms with Crippen molar-refractivity contribution in [2.75, 3.05) is 0 Å². The molecular weight excluding hydrogens is 260 g/mol. The fourth-order valence-corrected chi connectivity index (χ4v) is 2.69. The van der Waals surface area contributed by atoms with Gasteiger partial charge < -0.3 is 10.3 Å². The molecule has 108 valence electrons. The van der Waals surface area contributed by atoms with Gasteiger partial charge in [-0.3, -0.25) is 4.68 Å². The lowest BCUT2D eigenvalue weighted by Crippen LogP contribution is -2.01. The minimum Gasteiger partial charge on any atom is -0.326 e. The highest BCUT2D eigenvalue weighted by Gasteiger charge is 2.11. The summed E-state index contributed by atoms with van der Waals surface area (Å²) >= 11 is 0. The molecule has 21 heavy (non-hydrogen) atoms. The fraction of sp³-hybridized carbons (Fsp3) is 0.235. The Morgan fingerprint density at radius 3 is 2.62 bits per heavy atom. The summed E-state index contributed by atoms with van der Waals surface area (Å²) in [4.78, 5) is 0. The molecule has 0 amide bonds. The number of nitrogens with two attached hydrogens (primary N) is 1. The average Bonchev–Trinajstić information content (AvgIpc) is 3.05. The number of benzene rings is 1. The van der Waals surface area contributed by atoms with E-state index in [0.29, 0.717) is 6.54 Å². The SMILES string of the molecule is Cc1nn(C)c(-n2ccc(-c3cccc(CN)c3)c2)c1C. The summed E-state index contributed by atoms with van der Waals surface area (Å²) in [6.07, 6.45) is 4.22. The van der Waals surface area contributed by atoms with Crippen molar-refractivity contribution < 1.29 is 0 Å². The minimum absolute atomic E-state index is 0.564. The largest absolute Gasteiger partial charge is 0.326 e. The molecule has 0 atom stereocenters. The number of aromatic nitrogens is 3. The zero-order valence-corrected chi connectivity index (χ0v) is 12.7. The Morgan fingerprint density at radius 2 is 1.95 bits per heavy atom. The van der Waals surface area contributed by atoms with Crippen LogP contribution in [0.2, 0.25) is 0 Å². The van der Waals surface area contributed by atoms with E-state index in [9.17, 15) is 0 Å². The van der Waals surface area contributed by atoms with Gasteiger partial charge in [0.2, 0.25) is 0 Å². The van der Waals surface area contributed by atoms with Crippen molar-refractivity contribution in [2.24, 2.45) is 12.8 Å². The molecule has 0 saturated carbocycles. The Kier molecular flexibility index (Phi) is 3.39. The first-order chi connectivity index (χ1) is 10.1. The molecule has 2 aromatic heterocycles. The van der Waals surface area contributed by atoms with Gasteiger partial charge in [-0.1, -0.05) is 18.2 Å². The maximum Gasteiger partial charge on any atom is 0.137 e. The molecule has 0 bridgehead atoms. The van der Waals surface area contributed by atoms with Gasteiger partial charge in [-0.05, 0) is 42.7 Å². The van der Waals surface area contributed by atoms with Crippen molar-refractivity contribution in [3.8, 4) is 16.9 Å². The second-order valence-electron chi connectivity index (χ2n) is 5.37. The summed E-state index contributed by atoms with van der Waals surface area (Å²) in [6, 6.07) is 10.5. The predicted octanol–water partition coefficient (Wildman–Crippen LogP) is 2.95. The molecule has 4 heteroatoms. The number of hydrogen-bond donors (Lipinski definition) is 1. The second-order valence-corrected chi connectivity index (χ2v) is 5.37. The normalized spacial score (nSPS) is 11.0. The van der Waals surface area contributed by atoms with Crippen molar-refractivity contribution in [2.45, 2.75) is 20.4 Å². The summed E-state index contributed by atoms with van der Waals surface area (Å²) < 4.78 is 4.05. The highest BCUT2D eigenvalue weighted by molar-refractivity contribution is 5.64. The maximum absolute atomic E-state index is 5.72. The third-order valence-corrected chi connectivity index (χ3v) is 3.92. The van der Waals surface area contributed by atoms with Crippen LogP contribution in [0.15, 0.2) is 42.7 Å².